The minimum Gasteiger partial charge on any atom is -0.358 e. The van der Waals surface area contributed by atoms with Gasteiger partial charge in [-0.1, -0.05) is 23.8 Å². The van der Waals surface area contributed by atoms with Gasteiger partial charge in [0.2, 0.25) is 5.78 Å². The molecule has 3 rings (SSSR count). The van der Waals surface area contributed by atoms with Crippen LogP contribution < -0.4 is 0 Å². The molecule has 0 N–H and O–H groups in total. The minimum atomic E-state index is -0.823. The average molecular weight is 274 g/mol. The normalized spacial score (nSPS) is 33.7. The maximum absolute atomic E-state index is 12.7. The maximum atomic E-state index is 12.7. The number of benzene rings is 1. The van der Waals surface area contributed by atoms with Crippen molar-refractivity contribution in [2.75, 3.05) is 0 Å². The molecule has 2 aliphatic heterocycles. The lowest BCUT2D eigenvalue weighted by Crippen LogP contribution is -2.41. The third kappa shape index (κ3) is 1.57. The molecule has 0 radical (unpaired) electrons. The van der Waals surface area contributed by atoms with E-state index in [2.05, 4.69) is 32.0 Å². The van der Waals surface area contributed by atoms with Crippen LogP contribution in [-0.2, 0) is 14.3 Å². The average Bonchev–Trinajstić information content (AvgIpc) is 3.00. The van der Waals surface area contributed by atoms with Crippen molar-refractivity contribution in [3.05, 3.63) is 34.9 Å². The summed E-state index contributed by atoms with van der Waals surface area (Å²) in [5.74, 6) is 0.0555. The molecule has 108 valence electrons. The predicted molar refractivity (Wildman–Crippen MR) is 76.7 cm³/mol. The van der Waals surface area contributed by atoms with E-state index in [4.69, 9.17) is 9.47 Å². The van der Waals surface area contributed by atoms with Crippen LogP contribution in [0.5, 0.6) is 0 Å². The lowest BCUT2D eigenvalue weighted by atomic mass is 9.80. The number of carbonyl (C=O) groups excluding carboxylic acids is 1. The second-order valence-corrected chi connectivity index (χ2v) is 7.05. The predicted octanol–water partition coefficient (Wildman–Crippen LogP) is 3.27. The molecule has 0 saturated carbocycles. The molecule has 20 heavy (non-hydrogen) atoms. The third-order valence-electron chi connectivity index (χ3n) is 4.61. The van der Waals surface area contributed by atoms with E-state index < -0.39 is 16.8 Å². The molecule has 2 unspecified atom stereocenters. The first-order chi connectivity index (χ1) is 9.12. The summed E-state index contributed by atoms with van der Waals surface area (Å²) in [7, 11) is 0. The number of rotatable bonds is 1. The molecule has 0 amide bonds. The number of epoxide rings is 1. The van der Waals surface area contributed by atoms with Gasteiger partial charge in [-0.25, -0.2) is 0 Å². The molecule has 1 spiro atoms. The Balaban J connectivity index is 2.04. The van der Waals surface area contributed by atoms with Gasteiger partial charge in [-0.3, -0.25) is 4.79 Å². The number of Topliss-reactive ketones (excluding diaryl/α,β-unsaturated/α-hetero) is 1. The van der Waals surface area contributed by atoms with Crippen molar-refractivity contribution < 1.29 is 14.3 Å². The van der Waals surface area contributed by atoms with Crippen molar-refractivity contribution >= 4 is 5.78 Å². The molecule has 1 aromatic carbocycles. The zero-order valence-corrected chi connectivity index (χ0v) is 13.0. The minimum absolute atomic E-state index is 0.0555. The Hall–Kier alpha value is -1.19. The number of aryl methyl sites for hydroxylation is 2. The Bertz CT molecular complexity index is 600. The molecule has 0 aliphatic carbocycles. The standard InChI is InChI=1S/C17H22O3/c1-10-7-8-12(11(2)9-10)13-17(19-13)14(18)15(3,4)20-16(17,5)6/h7-9,13H,1-6H3. The molecule has 1 aromatic rings. The van der Waals surface area contributed by atoms with Gasteiger partial charge in [-0.15, -0.1) is 0 Å². The van der Waals surface area contributed by atoms with E-state index in [9.17, 15) is 4.79 Å². The molecule has 2 aliphatic rings. The van der Waals surface area contributed by atoms with Crippen LogP contribution in [0.2, 0.25) is 0 Å². The molecule has 2 heterocycles. The molecule has 3 heteroatoms. The summed E-state index contributed by atoms with van der Waals surface area (Å²) in [5.41, 5.74) is 1.27. The largest absolute Gasteiger partial charge is 0.358 e. The summed E-state index contributed by atoms with van der Waals surface area (Å²) in [4.78, 5) is 12.7. The van der Waals surface area contributed by atoms with Crippen LogP contribution in [0.25, 0.3) is 0 Å². The summed E-state index contributed by atoms with van der Waals surface area (Å²) in [6.07, 6.45) is -0.188. The third-order valence-corrected chi connectivity index (χ3v) is 4.61. The fourth-order valence-corrected chi connectivity index (χ4v) is 3.67. The Morgan fingerprint density at radius 1 is 1.10 bits per heavy atom. The Morgan fingerprint density at radius 3 is 2.25 bits per heavy atom. The highest BCUT2D eigenvalue weighted by Gasteiger charge is 2.79. The van der Waals surface area contributed by atoms with Crippen molar-refractivity contribution in [1.29, 1.82) is 0 Å². The SMILES string of the molecule is Cc1ccc(C2OC23C(=O)C(C)(C)OC3(C)C)c(C)c1. The smallest absolute Gasteiger partial charge is 0.201 e. The highest BCUT2D eigenvalue weighted by molar-refractivity contribution is 6.00. The molecule has 0 aromatic heterocycles. The van der Waals surface area contributed by atoms with Gasteiger partial charge in [0, 0.05) is 0 Å². The number of hydrogen-bond acceptors (Lipinski definition) is 3. The highest BCUT2D eigenvalue weighted by atomic mass is 16.7. The highest BCUT2D eigenvalue weighted by Crippen LogP contribution is 2.63. The molecular formula is C17H22O3. The van der Waals surface area contributed by atoms with Crippen molar-refractivity contribution in [2.24, 2.45) is 0 Å². The second kappa shape index (κ2) is 3.71. The summed E-state index contributed by atoms with van der Waals surface area (Å²) in [6.45, 7) is 11.7. The van der Waals surface area contributed by atoms with Crippen molar-refractivity contribution in [3.63, 3.8) is 0 Å². The number of ketones is 1. The fourth-order valence-electron chi connectivity index (χ4n) is 3.67. The molecule has 3 nitrogen and oxygen atoms in total. The van der Waals surface area contributed by atoms with E-state index in [0.717, 1.165) is 5.56 Å². The van der Waals surface area contributed by atoms with Crippen LogP contribution in [0.15, 0.2) is 18.2 Å². The van der Waals surface area contributed by atoms with Gasteiger partial charge < -0.3 is 9.47 Å². The Labute approximate surface area is 120 Å². The van der Waals surface area contributed by atoms with Gasteiger partial charge in [0.15, 0.2) is 5.60 Å². The molecular weight excluding hydrogens is 252 g/mol. The summed E-state index contributed by atoms with van der Waals surface area (Å²) < 4.78 is 11.9. The van der Waals surface area contributed by atoms with Gasteiger partial charge in [-0.2, -0.15) is 0 Å². The monoisotopic (exact) mass is 274 g/mol. The quantitative estimate of drug-likeness (QED) is 0.738. The van der Waals surface area contributed by atoms with Gasteiger partial charge in [0.25, 0.3) is 0 Å². The Morgan fingerprint density at radius 2 is 1.75 bits per heavy atom. The zero-order chi connectivity index (χ0) is 14.9. The second-order valence-electron chi connectivity index (χ2n) is 7.05. The van der Waals surface area contributed by atoms with E-state index in [1.54, 1.807) is 0 Å². The van der Waals surface area contributed by atoms with Crippen LogP contribution >= 0.6 is 0 Å². The van der Waals surface area contributed by atoms with E-state index >= 15 is 0 Å². The molecule has 2 atom stereocenters. The molecule has 2 fully saturated rings. The Kier molecular flexibility index (Phi) is 2.56. The van der Waals surface area contributed by atoms with Gasteiger partial charge in [-0.05, 0) is 52.7 Å². The first-order valence-electron chi connectivity index (χ1n) is 7.12. The number of carbonyl (C=O) groups is 1. The van der Waals surface area contributed by atoms with Crippen LogP contribution in [0.1, 0.15) is 50.5 Å². The van der Waals surface area contributed by atoms with E-state index in [0.29, 0.717) is 0 Å². The maximum Gasteiger partial charge on any atom is 0.201 e. The summed E-state index contributed by atoms with van der Waals surface area (Å²) in [5, 5.41) is 0. The van der Waals surface area contributed by atoms with Crippen LogP contribution in [0.3, 0.4) is 0 Å². The molecule has 2 saturated heterocycles. The van der Waals surface area contributed by atoms with Crippen LogP contribution in [0.4, 0.5) is 0 Å². The number of ether oxygens (including phenoxy) is 2. The zero-order valence-electron chi connectivity index (χ0n) is 13.0. The van der Waals surface area contributed by atoms with Gasteiger partial charge >= 0.3 is 0 Å². The fraction of sp³-hybridized carbons (Fsp3) is 0.588. The summed E-state index contributed by atoms with van der Waals surface area (Å²) in [6, 6.07) is 6.26. The number of hydrogen-bond donors (Lipinski definition) is 0. The van der Waals surface area contributed by atoms with Gasteiger partial charge in [0.1, 0.15) is 17.3 Å². The first kappa shape index (κ1) is 13.8. The van der Waals surface area contributed by atoms with Crippen molar-refractivity contribution in [1.82, 2.24) is 0 Å². The lowest BCUT2D eigenvalue weighted by Gasteiger charge is -2.24. The van der Waals surface area contributed by atoms with Crippen LogP contribution in [0, 0.1) is 13.8 Å². The van der Waals surface area contributed by atoms with Crippen molar-refractivity contribution in [2.45, 2.75) is 64.4 Å². The molecule has 0 bridgehead atoms. The van der Waals surface area contributed by atoms with Crippen molar-refractivity contribution in [3.8, 4) is 0 Å². The van der Waals surface area contributed by atoms with Crippen LogP contribution in [-0.4, -0.2) is 22.6 Å². The lowest BCUT2D eigenvalue weighted by molar-refractivity contribution is -0.132. The summed E-state index contributed by atoms with van der Waals surface area (Å²) >= 11 is 0. The van der Waals surface area contributed by atoms with Gasteiger partial charge in [0.05, 0.1) is 0 Å². The van der Waals surface area contributed by atoms with E-state index in [1.165, 1.54) is 11.1 Å². The van der Waals surface area contributed by atoms with E-state index in [-0.39, 0.29) is 11.9 Å². The van der Waals surface area contributed by atoms with E-state index in [1.807, 2.05) is 27.7 Å². The first-order valence-corrected chi connectivity index (χ1v) is 7.12. The topological polar surface area (TPSA) is 38.8 Å².